The molecule has 0 aliphatic heterocycles. The molecular formula is C31H62Cl2O2Si. The van der Waals surface area contributed by atoms with E-state index >= 15 is 0 Å². The minimum Gasteiger partial charge on any atom is -0.481 e. The zero-order chi connectivity index (χ0) is 26.6. The van der Waals surface area contributed by atoms with Gasteiger partial charge in [0.1, 0.15) is 0 Å². The molecule has 0 bridgehead atoms. The summed E-state index contributed by atoms with van der Waals surface area (Å²) in [6, 6.07) is 1.05. The Morgan fingerprint density at radius 1 is 0.444 bits per heavy atom. The number of unbranched alkanes of at least 4 members (excludes halogenated alkanes) is 26. The highest BCUT2D eigenvalue weighted by Crippen LogP contribution is 2.23. The molecule has 0 rings (SSSR count). The summed E-state index contributed by atoms with van der Waals surface area (Å²) in [7, 11) is 0. The molecule has 0 spiro atoms. The molecule has 2 nitrogen and oxygen atoms in total. The first-order valence-corrected chi connectivity index (χ1v) is 20.7. The first-order valence-electron chi connectivity index (χ1n) is 16.0. The molecule has 0 aromatic rings. The van der Waals surface area contributed by atoms with E-state index in [1.807, 2.05) is 6.55 Å². The van der Waals surface area contributed by atoms with Crippen molar-refractivity contribution >= 4 is 34.8 Å². The molecule has 0 unspecified atom stereocenters. The summed E-state index contributed by atoms with van der Waals surface area (Å²) in [6.07, 6.45) is 37.1. The Morgan fingerprint density at radius 3 is 0.833 bits per heavy atom. The van der Waals surface area contributed by atoms with Crippen LogP contribution in [0, 0.1) is 0 Å². The van der Waals surface area contributed by atoms with Crippen LogP contribution in [0.15, 0.2) is 0 Å². The Kier molecular flexibility index (Phi) is 28.5. The lowest BCUT2D eigenvalue weighted by molar-refractivity contribution is -0.137. The second-order valence-electron chi connectivity index (χ2n) is 11.5. The average molecular weight is 566 g/mol. The SMILES string of the molecule is C[Si](Cl)(Cl)CCCCCCCCCCCCCCCCCCCCCCCCCCCCCC(=O)O. The maximum Gasteiger partial charge on any atom is 0.303 e. The van der Waals surface area contributed by atoms with E-state index in [-0.39, 0.29) is 0 Å². The summed E-state index contributed by atoms with van der Waals surface area (Å²) in [5, 5.41) is 8.62. The Hall–Kier alpha value is 0.267. The lowest BCUT2D eigenvalue weighted by Gasteiger charge is -2.09. The molecule has 5 heteroatoms. The smallest absolute Gasteiger partial charge is 0.303 e. The Bertz CT molecular complexity index is 454. The molecule has 0 saturated carbocycles. The largest absolute Gasteiger partial charge is 0.481 e. The van der Waals surface area contributed by atoms with Gasteiger partial charge in [0, 0.05) is 6.42 Å². The number of carboxylic acids is 1. The third-order valence-corrected chi connectivity index (χ3v) is 9.87. The van der Waals surface area contributed by atoms with Crippen LogP contribution in [0.2, 0.25) is 12.6 Å². The number of carbonyl (C=O) groups is 1. The average Bonchev–Trinajstić information content (AvgIpc) is 2.82. The highest BCUT2D eigenvalue weighted by molar-refractivity contribution is 7.44. The van der Waals surface area contributed by atoms with Gasteiger partial charge < -0.3 is 5.11 Å². The zero-order valence-electron chi connectivity index (χ0n) is 24.1. The molecule has 1 N–H and O–H groups in total. The molecule has 0 fully saturated rings. The summed E-state index contributed by atoms with van der Waals surface area (Å²) < 4.78 is 0. The fraction of sp³-hybridized carbons (Fsp3) is 0.968. The fourth-order valence-electron chi connectivity index (χ4n) is 5.13. The summed E-state index contributed by atoms with van der Waals surface area (Å²) >= 11 is 12.3. The first kappa shape index (κ1) is 36.3. The second-order valence-corrected chi connectivity index (χ2v) is 19.7. The number of hydrogen-bond acceptors (Lipinski definition) is 1. The lowest BCUT2D eigenvalue weighted by atomic mass is 10.0. The van der Waals surface area contributed by atoms with Gasteiger partial charge in [0.15, 0.2) is 0 Å². The van der Waals surface area contributed by atoms with Crippen LogP contribution in [-0.2, 0) is 4.79 Å². The van der Waals surface area contributed by atoms with Crippen LogP contribution in [0.1, 0.15) is 180 Å². The van der Waals surface area contributed by atoms with Crippen molar-refractivity contribution in [2.24, 2.45) is 0 Å². The molecule has 0 aliphatic rings. The van der Waals surface area contributed by atoms with Crippen molar-refractivity contribution in [3.8, 4) is 0 Å². The first-order chi connectivity index (χ1) is 17.4. The standard InChI is InChI=1S/C31H62Cl2O2Si/c1-36(32,33)30-28-26-24-22-20-18-16-14-12-10-8-6-4-2-3-5-7-9-11-13-15-17-19-21-23-25-27-29-31(34)35/h2-30H2,1H3,(H,34,35). The van der Waals surface area contributed by atoms with Gasteiger partial charge >= 0.3 is 5.97 Å². The van der Waals surface area contributed by atoms with Crippen LogP contribution in [0.4, 0.5) is 0 Å². The van der Waals surface area contributed by atoms with Crippen molar-refractivity contribution in [2.45, 2.75) is 192 Å². The predicted octanol–water partition coefficient (Wildman–Crippen LogP) is 12.5. The Balaban J connectivity index is 3.05. The molecule has 0 radical (unpaired) electrons. The molecule has 0 heterocycles. The van der Waals surface area contributed by atoms with Crippen LogP contribution < -0.4 is 0 Å². The zero-order valence-corrected chi connectivity index (χ0v) is 26.6. The van der Waals surface area contributed by atoms with Crippen molar-refractivity contribution in [3.05, 3.63) is 0 Å². The number of carboxylic acid groups (broad SMARTS) is 1. The van der Waals surface area contributed by atoms with E-state index in [1.54, 1.807) is 0 Å². The normalized spacial score (nSPS) is 11.9. The van der Waals surface area contributed by atoms with Gasteiger partial charge in [-0.05, 0) is 19.0 Å². The maximum atomic E-state index is 10.5. The van der Waals surface area contributed by atoms with Crippen LogP contribution in [0.25, 0.3) is 0 Å². The lowest BCUT2D eigenvalue weighted by Crippen LogP contribution is -2.11. The summed E-state index contributed by atoms with van der Waals surface area (Å²) in [5.74, 6) is -0.652. The van der Waals surface area contributed by atoms with Gasteiger partial charge in [-0.3, -0.25) is 4.79 Å². The van der Waals surface area contributed by atoms with Gasteiger partial charge in [0.05, 0.1) is 0 Å². The third-order valence-electron chi connectivity index (χ3n) is 7.51. The van der Waals surface area contributed by atoms with Gasteiger partial charge in [-0.1, -0.05) is 167 Å². The number of rotatable bonds is 30. The summed E-state index contributed by atoms with van der Waals surface area (Å²) in [6.45, 7) is 0.185. The monoisotopic (exact) mass is 564 g/mol. The molecule has 216 valence electrons. The second kappa shape index (κ2) is 28.3. The van der Waals surface area contributed by atoms with E-state index in [2.05, 4.69) is 0 Å². The van der Waals surface area contributed by atoms with Crippen molar-refractivity contribution in [2.75, 3.05) is 0 Å². The summed E-state index contributed by atoms with van der Waals surface area (Å²) in [4.78, 5) is 10.5. The molecule has 0 amide bonds. The van der Waals surface area contributed by atoms with E-state index in [0.29, 0.717) is 6.42 Å². The van der Waals surface area contributed by atoms with E-state index in [1.165, 1.54) is 161 Å². The van der Waals surface area contributed by atoms with Crippen LogP contribution >= 0.6 is 22.2 Å². The van der Waals surface area contributed by atoms with Gasteiger partial charge in [-0.2, -0.15) is 0 Å². The number of hydrogen-bond donors (Lipinski definition) is 1. The van der Waals surface area contributed by atoms with Gasteiger partial charge in [-0.15, -0.1) is 22.2 Å². The predicted molar refractivity (Wildman–Crippen MR) is 165 cm³/mol. The molecule has 36 heavy (non-hydrogen) atoms. The summed E-state index contributed by atoms with van der Waals surface area (Å²) in [5.41, 5.74) is 0. The van der Waals surface area contributed by atoms with Crippen molar-refractivity contribution in [1.82, 2.24) is 0 Å². The minimum atomic E-state index is -1.85. The topological polar surface area (TPSA) is 37.3 Å². The van der Waals surface area contributed by atoms with Crippen LogP contribution in [-0.4, -0.2) is 17.8 Å². The van der Waals surface area contributed by atoms with Crippen molar-refractivity contribution < 1.29 is 9.90 Å². The third kappa shape index (κ3) is 34.3. The highest BCUT2D eigenvalue weighted by atomic mass is 35.7. The van der Waals surface area contributed by atoms with Crippen LogP contribution in [0.3, 0.4) is 0 Å². The molecule has 0 saturated heterocycles. The van der Waals surface area contributed by atoms with Gasteiger partial charge in [0.2, 0.25) is 6.69 Å². The van der Waals surface area contributed by atoms with Crippen molar-refractivity contribution in [3.63, 3.8) is 0 Å². The van der Waals surface area contributed by atoms with Crippen LogP contribution in [0.5, 0.6) is 0 Å². The highest BCUT2D eigenvalue weighted by Gasteiger charge is 2.19. The molecular weight excluding hydrogens is 503 g/mol. The van der Waals surface area contributed by atoms with E-state index in [4.69, 9.17) is 27.3 Å². The molecule has 0 aromatic heterocycles. The molecule has 0 aliphatic carbocycles. The van der Waals surface area contributed by atoms with E-state index in [0.717, 1.165) is 18.9 Å². The van der Waals surface area contributed by atoms with E-state index in [9.17, 15) is 4.79 Å². The molecule has 0 aromatic carbocycles. The Labute approximate surface area is 236 Å². The van der Waals surface area contributed by atoms with Gasteiger partial charge in [-0.25, -0.2) is 0 Å². The van der Waals surface area contributed by atoms with Gasteiger partial charge in [0.25, 0.3) is 0 Å². The Morgan fingerprint density at radius 2 is 0.639 bits per heavy atom. The fourth-order valence-corrected chi connectivity index (χ4v) is 6.80. The number of aliphatic carboxylic acids is 1. The quantitative estimate of drug-likeness (QED) is 0.0534. The minimum absolute atomic E-state index is 0.342. The number of halogens is 2. The van der Waals surface area contributed by atoms with E-state index < -0.39 is 12.7 Å². The maximum absolute atomic E-state index is 10.5. The van der Waals surface area contributed by atoms with Crippen molar-refractivity contribution in [1.29, 1.82) is 0 Å². The molecule has 0 atom stereocenters.